The molecule has 1 atom stereocenters. The number of morpholine rings is 1. The zero-order chi connectivity index (χ0) is 15.9. The molecule has 0 saturated carbocycles. The van der Waals surface area contributed by atoms with Gasteiger partial charge in [0, 0.05) is 25.4 Å². The van der Waals surface area contributed by atoms with Crippen LogP contribution in [0.25, 0.3) is 0 Å². The maximum absolute atomic E-state index is 12.3. The fraction of sp³-hybridized carbons (Fsp3) is 0.500. The van der Waals surface area contributed by atoms with Crippen LogP contribution in [0.1, 0.15) is 24.3 Å². The molecule has 2 rings (SSSR count). The van der Waals surface area contributed by atoms with Crippen LogP contribution in [0.15, 0.2) is 24.3 Å². The average molecular weight is 307 g/mol. The van der Waals surface area contributed by atoms with Gasteiger partial charge in [0.25, 0.3) is 0 Å². The van der Waals surface area contributed by atoms with Crippen LogP contribution in [-0.4, -0.2) is 55.3 Å². The normalized spacial score (nSPS) is 16.1. The van der Waals surface area contributed by atoms with Crippen LogP contribution in [-0.2, 0) is 14.3 Å². The van der Waals surface area contributed by atoms with Gasteiger partial charge in [-0.3, -0.25) is 9.59 Å². The highest BCUT2D eigenvalue weighted by atomic mass is 16.5. The minimum absolute atomic E-state index is 0.0228. The predicted molar refractivity (Wildman–Crippen MR) is 80.0 cm³/mol. The van der Waals surface area contributed by atoms with Gasteiger partial charge in [-0.15, -0.1) is 0 Å². The lowest BCUT2D eigenvalue weighted by atomic mass is 9.92. The molecule has 1 saturated heterocycles. The number of carboxylic acids is 1. The molecule has 1 aliphatic rings. The van der Waals surface area contributed by atoms with E-state index in [0.717, 1.165) is 5.56 Å². The average Bonchev–Trinajstić information content (AvgIpc) is 2.54. The molecule has 22 heavy (non-hydrogen) atoms. The van der Waals surface area contributed by atoms with E-state index in [9.17, 15) is 9.59 Å². The molecule has 6 nitrogen and oxygen atoms in total. The summed E-state index contributed by atoms with van der Waals surface area (Å²) in [5, 5.41) is 9.10. The van der Waals surface area contributed by atoms with Gasteiger partial charge in [0.2, 0.25) is 5.91 Å². The van der Waals surface area contributed by atoms with Crippen molar-refractivity contribution >= 4 is 11.9 Å². The lowest BCUT2D eigenvalue weighted by Crippen LogP contribution is -2.41. The summed E-state index contributed by atoms with van der Waals surface area (Å²) >= 11 is 0. The maximum Gasteiger partial charge on any atom is 0.303 e. The van der Waals surface area contributed by atoms with Crippen molar-refractivity contribution in [2.24, 2.45) is 0 Å². The summed E-state index contributed by atoms with van der Waals surface area (Å²) in [6.07, 6.45) is 0.126. The lowest BCUT2D eigenvalue weighted by Gasteiger charge is -2.28. The van der Waals surface area contributed by atoms with E-state index in [2.05, 4.69) is 0 Å². The van der Waals surface area contributed by atoms with Crippen molar-refractivity contribution in [2.75, 3.05) is 33.4 Å². The summed E-state index contributed by atoms with van der Waals surface area (Å²) < 4.78 is 10.3. The Hall–Kier alpha value is -2.08. The molecule has 1 unspecified atom stereocenters. The van der Waals surface area contributed by atoms with Crippen molar-refractivity contribution in [2.45, 2.75) is 18.8 Å². The first kappa shape index (κ1) is 16.3. The molecule has 0 radical (unpaired) electrons. The van der Waals surface area contributed by atoms with Crippen LogP contribution in [0.5, 0.6) is 5.75 Å². The number of ether oxygens (including phenoxy) is 2. The quantitative estimate of drug-likeness (QED) is 0.862. The molecule has 6 heteroatoms. The molecular weight excluding hydrogens is 286 g/mol. The molecule has 1 N–H and O–H groups in total. The van der Waals surface area contributed by atoms with Gasteiger partial charge in [-0.2, -0.15) is 0 Å². The number of carbonyl (C=O) groups excluding carboxylic acids is 1. The largest absolute Gasteiger partial charge is 0.497 e. The van der Waals surface area contributed by atoms with E-state index in [-0.39, 0.29) is 24.7 Å². The Kier molecular flexibility index (Phi) is 5.77. The molecule has 1 fully saturated rings. The number of carboxylic acid groups (broad SMARTS) is 1. The van der Waals surface area contributed by atoms with Crippen molar-refractivity contribution in [3.05, 3.63) is 29.8 Å². The highest BCUT2D eigenvalue weighted by Crippen LogP contribution is 2.26. The van der Waals surface area contributed by atoms with E-state index in [1.807, 2.05) is 12.1 Å². The monoisotopic (exact) mass is 307 g/mol. The number of hydrogen-bond acceptors (Lipinski definition) is 4. The zero-order valence-electron chi connectivity index (χ0n) is 12.7. The third kappa shape index (κ3) is 4.46. The van der Waals surface area contributed by atoms with Gasteiger partial charge in [-0.25, -0.2) is 0 Å². The zero-order valence-corrected chi connectivity index (χ0v) is 12.7. The topological polar surface area (TPSA) is 76.1 Å². The molecule has 1 aromatic carbocycles. The smallest absolute Gasteiger partial charge is 0.303 e. The Balaban J connectivity index is 2.07. The summed E-state index contributed by atoms with van der Waals surface area (Å²) in [5.41, 5.74) is 0.838. The summed E-state index contributed by atoms with van der Waals surface area (Å²) in [5.74, 6) is -0.558. The number of methoxy groups -OCH3 is 1. The van der Waals surface area contributed by atoms with E-state index in [0.29, 0.717) is 32.1 Å². The highest BCUT2D eigenvalue weighted by Gasteiger charge is 2.24. The van der Waals surface area contributed by atoms with Crippen LogP contribution in [0.2, 0.25) is 0 Å². The standard InChI is InChI=1S/C16H21NO5/c1-21-14-4-2-12(3-5-14)13(11-16(19)20)10-15(18)17-6-8-22-9-7-17/h2-5,13H,6-11H2,1H3,(H,19,20). The second kappa shape index (κ2) is 7.79. The SMILES string of the molecule is COc1ccc(C(CC(=O)O)CC(=O)N2CCOCC2)cc1. The summed E-state index contributed by atoms with van der Waals surface area (Å²) in [4.78, 5) is 25.2. The Bertz CT molecular complexity index is 508. The summed E-state index contributed by atoms with van der Waals surface area (Å²) in [6.45, 7) is 2.22. The molecule has 1 amide bonds. The van der Waals surface area contributed by atoms with Gasteiger partial charge in [-0.05, 0) is 17.7 Å². The third-order valence-corrected chi connectivity index (χ3v) is 3.79. The van der Waals surface area contributed by atoms with Gasteiger partial charge >= 0.3 is 5.97 Å². The van der Waals surface area contributed by atoms with E-state index in [1.54, 1.807) is 24.1 Å². The minimum atomic E-state index is -0.907. The Morgan fingerprint density at radius 1 is 1.23 bits per heavy atom. The second-order valence-electron chi connectivity index (χ2n) is 5.27. The Labute approximate surface area is 129 Å². The van der Waals surface area contributed by atoms with Crippen LogP contribution >= 0.6 is 0 Å². The number of aliphatic carboxylic acids is 1. The van der Waals surface area contributed by atoms with Crippen LogP contribution < -0.4 is 4.74 Å². The number of hydrogen-bond donors (Lipinski definition) is 1. The molecule has 0 aliphatic carbocycles. The number of carbonyl (C=O) groups is 2. The van der Waals surface area contributed by atoms with Crippen molar-refractivity contribution in [3.63, 3.8) is 0 Å². The van der Waals surface area contributed by atoms with E-state index in [1.165, 1.54) is 0 Å². The molecule has 0 bridgehead atoms. The molecule has 1 aromatic rings. The predicted octanol–water partition coefficient (Wildman–Crippen LogP) is 1.50. The first-order valence-corrected chi connectivity index (χ1v) is 7.31. The Morgan fingerprint density at radius 2 is 1.86 bits per heavy atom. The van der Waals surface area contributed by atoms with Crippen molar-refractivity contribution in [1.82, 2.24) is 4.90 Å². The summed E-state index contributed by atoms with van der Waals surface area (Å²) in [6, 6.07) is 7.20. The molecule has 0 spiro atoms. The summed E-state index contributed by atoms with van der Waals surface area (Å²) in [7, 11) is 1.58. The van der Waals surface area contributed by atoms with Gasteiger partial charge in [-0.1, -0.05) is 12.1 Å². The highest BCUT2D eigenvalue weighted by molar-refractivity contribution is 5.78. The third-order valence-electron chi connectivity index (χ3n) is 3.79. The Morgan fingerprint density at radius 3 is 2.41 bits per heavy atom. The van der Waals surface area contributed by atoms with Gasteiger partial charge < -0.3 is 19.5 Å². The van der Waals surface area contributed by atoms with Crippen LogP contribution in [0.3, 0.4) is 0 Å². The maximum atomic E-state index is 12.3. The molecule has 1 aliphatic heterocycles. The van der Waals surface area contributed by atoms with E-state index < -0.39 is 5.97 Å². The number of nitrogens with zero attached hydrogens (tertiary/aromatic N) is 1. The first-order valence-electron chi connectivity index (χ1n) is 7.31. The van der Waals surface area contributed by atoms with Crippen LogP contribution in [0, 0.1) is 0 Å². The molecular formula is C16H21NO5. The number of rotatable bonds is 6. The molecule has 1 heterocycles. The fourth-order valence-corrected chi connectivity index (χ4v) is 2.55. The van der Waals surface area contributed by atoms with Crippen molar-refractivity contribution < 1.29 is 24.2 Å². The van der Waals surface area contributed by atoms with Gasteiger partial charge in [0.1, 0.15) is 5.75 Å². The van der Waals surface area contributed by atoms with Gasteiger partial charge in [0.15, 0.2) is 0 Å². The number of benzene rings is 1. The molecule has 0 aromatic heterocycles. The van der Waals surface area contributed by atoms with E-state index in [4.69, 9.17) is 14.6 Å². The van der Waals surface area contributed by atoms with Crippen LogP contribution in [0.4, 0.5) is 0 Å². The first-order chi connectivity index (χ1) is 10.6. The second-order valence-corrected chi connectivity index (χ2v) is 5.27. The van der Waals surface area contributed by atoms with Crippen molar-refractivity contribution in [3.8, 4) is 5.75 Å². The van der Waals surface area contributed by atoms with Crippen molar-refractivity contribution in [1.29, 1.82) is 0 Å². The van der Waals surface area contributed by atoms with Gasteiger partial charge in [0.05, 0.1) is 26.7 Å². The lowest BCUT2D eigenvalue weighted by molar-refractivity contribution is -0.138. The minimum Gasteiger partial charge on any atom is -0.497 e. The van der Waals surface area contributed by atoms with E-state index >= 15 is 0 Å². The fourth-order valence-electron chi connectivity index (χ4n) is 2.55. The molecule has 120 valence electrons. The number of amides is 1.